The SMILES string of the molecule is CC(C)(Cc1cccc(CC(=O)NCc2cc(Cl)c(O)c(Cl)c2)c1)NC[C@H](O[Si](C)(C)C(C)(C)C)c1ccc(O)c(NS(C)(=O)=O)c1. The fourth-order valence-corrected chi connectivity index (χ4v) is 7.13. The number of anilines is 1. The van der Waals surface area contributed by atoms with Gasteiger partial charge in [0.15, 0.2) is 14.1 Å². The molecule has 0 aliphatic rings. The number of carbonyl (C=O) groups is 1. The third kappa shape index (κ3) is 11.7. The van der Waals surface area contributed by atoms with Gasteiger partial charge in [-0.25, -0.2) is 8.42 Å². The molecule has 47 heavy (non-hydrogen) atoms. The van der Waals surface area contributed by atoms with Gasteiger partial charge < -0.3 is 25.3 Å². The fraction of sp³-hybridized carbons (Fsp3) is 0.441. The molecule has 5 N–H and O–H groups in total. The van der Waals surface area contributed by atoms with Crippen LogP contribution in [-0.2, 0) is 38.6 Å². The second-order valence-corrected chi connectivity index (χ2v) is 21.5. The van der Waals surface area contributed by atoms with Crippen molar-refractivity contribution in [3.8, 4) is 11.5 Å². The lowest BCUT2D eigenvalue weighted by atomic mass is 9.93. The molecule has 0 aliphatic carbocycles. The van der Waals surface area contributed by atoms with Crippen LogP contribution in [0.4, 0.5) is 5.69 Å². The van der Waals surface area contributed by atoms with E-state index in [1.165, 1.54) is 6.07 Å². The lowest BCUT2D eigenvalue weighted by Gasteiger charge is -2.40. The highest BCUT2D eigenvalue weighted by Gasteiger charge is 2.40. The second-order valence-electron chi connectivity index (χ2n) is 14.1. The van der Waals surface area contributed by atoms with E-state index in [9.17, 15) is 23.4 Å². The summed E-state index contributed by atoms with van der Waals surface area (Å²) in [6.07, 6.45) is 1.48. The van der Waals surface area contributed by atoms with Gasteiger partial charge in [0.1, 0.15) is 5.75 Å². The van der Waals surface area contributed by atoms with Gasteiger partial charge in [-0.2, -0.15) is 0 Å². The summed E-state index contributed by atoms with van der Waals surface area (Å²) in [4.78, 5) is 12.7. The van der Waals surface area contributed by atoms with Crippen molar-refractivity contribution in [2.45, 2.75) is 83.8 Å². The van der Waals surface area contributed by atoms with Crippen LogP contribution in [0.5, 0.6) is 11.5 Å². The molecule has 0 radical (unpaired) electrons. The highest BCUT2D eigenvalue weighted by atomic mass is 35.5. The van der Waals surface area contributed by atoms with E-state index in [1.54, 1.807) is 24.3 Å². The summed E-state index contributed by atoms with van der Waals surface area (Å²) in [6, 6.07) is 15.9. The zero-order valence-corrected chi connectivity index (χ0v) is 31.6. The monoisotopic (exact) mass is 723 g/mol. The van der Waals surface area contributed by atoms with E-state index in [-0.39, 0.29) is 56.7 Å². The standard InChI is InChI=1S/C34H47Cl2N3O6SSi/c1-33(2,3)47(7,8)45-30(25-12-13-29(40)28(18-25)39-46(6,43)44)21-38-34(4,5)19-23-11-9-10-22(14-23)17-31(41)37-20-24-15-26(35)32(42)27(36)16-24/h9-16,18,30,38-40,42H,17,19-21H2,1-8H3,(H,37,41)/t30-/m0/s1. The van der Waals surface area contributed by atoms with Gasteiger partial charge in [0.05, 0.1) is 34.5 Å². The van der Waals surface area contributed by atoms with Crippen LogP contribution >= 0.6 is 23.2 Å². The summed E-state index contributed by atoms with van der Waals surface area (Å²) >= 11 is 12.0. The number of phenolic OH excluding ortho intramolecular Hbond substituents is 2. The molecule has 1 atom stereocenters. The van der Waals surface area contributed by atoms with Crippen LogP contribution in [-0.4, -0.2) is 51.2 Å². The van der Waals surface area contributed by atoms with Crippen molar-refractivity contribution in [3.63, 3.8) is 0 Å². The van der Waals surface area contributed by atoms with E-state index < -0.39 is 24.4 Å². The van der Waals surface area contributed by atoms with Gasteiger partial charge in [0.25, 0.3) is 0 Å². The maximum Gasteiger partial charge on any atom is 0.229 e. The molecule has 0 aromatic heterocycles. The summed E-state index contributed by atoms with van der Waals surface area (Å²) in [5.74, 6) is -0.516. The number of amides is 1. The van der Waals surface area contributed by atoms with Gasteiger partial charge in [-0.05, 0) is 84.9 Å². The average Bonchev–Trinajstić information content (AvgIpc) is 2.92. The van der Waals surface area contributed by atoms with Gasteiger partial charge in [-0.15, -0.1) is 0 Å². The number of aromatic hydroxyl groups is 2. The lowest BCUT2D eigenvalue weighted by Crippen LogP contribution is -2.47. The summed E-state index contributed by atoms with van der Waals surface area (Å²) in [5, 5.41) is 26.8. The highest BCUT2D eigenvalue weighted by Crippen LogP contribution is 2.41. The molecule has 9 nitrogen and oxygen atoms in total. The number of benzene rings is 3. The molecule has 0 unspecified atom stereocenters. The number of sulfonamides is 1. The Balaban J connectivity index is 1.72. The van der Waals surface area contributed by atoms with Crippen molar-refractivity contribution in [1.82, 2.24) is 10.6 Å². The minimum absolute atomic E-state index is 0.0671. The third-order valence-corrected chi connectivity index (χ3v) is 13.9. The number of hydrogen-bond donors (Lipinski definition) is 5. The summed E-state index contributed by atoms with van der Waals surface area (Å²) in [5.41, 5.74) is 3.07. The van der Waals surface area contributed by atoms with E-state index in [0.29, 0.717) is 18.5 Å². The molecule has 258 valence electrons. The smallest absolute Gasteiger partial charge is 0.229 e. The molecule has 0 spiro atoms. The minimum atomic E-state index is -3.60. The zero-order chi connectivity index (χ0) is 35.4. The van der Waals surface area contributed by atoms with Crippen molar-refractivity contribution in [3.05, 3.63) is 86.9 Å². The Labute approximate surface area is 290 Å². The molecule has 0 heterocycles. The molecule has 0 saturated heterocycles. The van der Waals surface area contributed by atoms with Gasteiger partial charge in [0, 0.05) is 18.6 Å². The predicted molar refractivity (Wildman–Crippen MR) is 194 cm³/mol. The molecule has 0 bridgehead atoms. The quantitative estimate of drug-likeness (QED) is 0.0869. The highest BCUT2D eigenvalue weighted by molar-refractivity contribution is 7.92. The summed E-state index contributed by atoms with van der Waals surface area (Å²) < 4.78 is 33.1. The van der Waals surface area contributed by atoms with Crippen LogP contribution in [0.2, 0.25) is 28.2 Å². The zero-order valence-electron chi connectivity index (χ0n) is 28.3. The average molecular weight is 725 g/mol. The molecule has 3 aromatic rings. The maximum absolute atomic E-state index is 12.7. The van der Waals surface area contributed by atoms with Crippen LogP contribution in [0.15, 0.2) is 54.6 Å². The Bertz CT molecular complexity index is 1670. The Morgan fingerprint density at radius 2 is 1.55 bits per heavy atom. The molecule has 0 aliphatic heterocycles. The molecule has 3 aromatic carbocycles. The summed E-state index contributed by atoms with van der Waals surface area (Å²) in [6.45, 7) is 15.7. The van der Waals surface area contributed by atoms with Gasteiger partial charge in [-0.3, -0.25) is 9.52 Å². The predicted octanol–water partition coefficient (Wildman–Crippen LogP) is 7.31. The Hall–Kier alpha value is -2.80. The normalized spacial score (nSPS) is 13.3. The summed E-state index contributed by atoms with van der Waals surface area (Å²) in [7, 11) is -5.87. The molecule has 3 rings (SSSR count). The van der Waals surface area contributed by atoms with Gasteiger partial charge in [0.2, 0.25) is 15.9 Å². The van der Waals surface area contributed by atoms with Crippen molar-refractivity contribution in [1.29, 1.82) is 0 Å². The van der Waals surface area contributed by atoms with Crippen molar-refractivity contribution in [2.24, 2.45) is 0 Å². The van der Waals surface area contributed by atoms with Gasteiger partial charge >= 0.3 is 0 Å². The first kappa shape index (κ1) is 38.6. The third-order valence-electron chi connectivity index (χ3n) is 8.27. The van der Waals surface area contributed by atoms with Crippen LogP contribution in [0.25, 0.3) is 0 Å². The van der Waals surface area contributed by atoms with Crippen LogP contribution in [0.1, 0.15) is 63.0 Å². The number of rotatable bonds is 14. The maximum atomic E-state index is 12.7. The molecule has 0 fully saturated rings. The van der Waals surface area contributed by atoms with Gasteiger partial charge in [-0.1, -0.05) is 74.3 Å². The number of phenols is 2. The minimum Gasteiger partial charge on any atom is -0.506 e. The topological polar surface area (TPSA) is 137 Å². The number of nitrogens with one attached hydrogen (secondary N) is 3. The molecule has 13 heteroatoms. The van der Waals surface area contributed by atoms with Crippen molar-refractivity contribution >= 4 is 53.1 Å². The number of carbonyl (C=O) groups excluding carboxylic acids is 1. The first-order valence-corrected chi connectivity index (χ1v) is 20.9. The first-order chi connectivity index (χ1) is 21.5. The first-order valence-electron chi connectivity index (χ1n) is 15.3. The van der Waals surface area contributed by atoms with E-state index >= 15 is 0 Å². The number of halogens is 2. The lowest BCUT2D eigenvalue weighted by molar-refractivity contribution is -0.120. The molecular weight excluding hydrogens is 677 g/mol. The van der Waals surface area contributed by atoms with E-state index in [0.717, 1.165) is 22.9 Å². The van der Waals surface area contributed by atoms with E-state index in [1.807, 2.05) is 24.3 Å². The number of hydrogen-bond acceptors (Lipinski definition) is 7. The fourth-order valence-electron chi connectivity index (χ4n) is 4.76. The van der Waals surface area contributed by atoms with E-state index in [2.05, 4.69) is 63.1 Å². The van der Waals surface area contributed by atoms with Crippen LogP contribution < -0.4 is 15.4 Å². The largest absolute Gasteiger partial charge is 0.506 e. The van der Waals surface area contributed by atoms with Crippen molar-refractivity contribution in [2.75, 3.05) is 17.5 Å². The second kappa shape index (κ2) is 15.2. The molecular formula is C34H47Cl2N3O6SSi. The van der Waals surface area contributed by atoms with Crippen molar-refractivity contribution < 1.29 is 27.9 Å². The Morgan fingerprint density at radius 1 is 0.936 bits per heavy atom. The Morgan fingerprint density at radius 3 is 2.15 bits per heavy atom. The Kier molecular flexibility index (Phi) is 12.5. The molecule has 1 amide bonds. The van der Waals surface area contributed by atoms with Crippen LogP contribution in [0.3, 0.4) is 0 Å². The molecule has 0 saturated carbocycles. The van der Waals surface area contributed by atoms with E-state index in [4.69, 9.17) is 27.6 Å². The van der Waals surface area contributed by atoms with Crippen LogP contribution in [0, 0.1) is 0 Å².